The summed E-state index contributed by atoms with van der Waals surface area (Å²) in [6.45, 7) is 0. The van der Waals surface area contributed by atoms with Gasteiger partial charge in [-0.2, -0.15) is 0 Å². The summed E-state index contributed by atoms with van der Waals surface area (Å²) in [5, 5.41) is 10.1. The zero-order chi connectivity index (χ0) is 38.4. The highest BCUT2D eigenvalue weighted by Gasteiger charge is 2.15. The second kappa shape index (κ2) is 14.2. The van der Waals surface area contributed by atoms with Crippen LogP contribution in [0.4, 0.5) is 0 Å². The Morgan fingerprint density at radius 3 is 0.845 bits per heavy atom. The lowest BCUT2D eigenvalue weighted by atomic mass is 9.87. The summed E-state index contributed by atoms with van der Waals surface area (Å²) >= 11 is 0. The molecule has 0 atom stereocenters. The standard InChI is InChI=1S/C58H38/c1-2-13-39(14-3-1)47-23-11-26-54-48(24-12-25-53(47)54)42-29-33-44(34-30-42)50-36-38-58(56-21-9-7-19-52(50)56)57-37-35-49(51-18-6-8-20-55(51)57)43-31-27-41(28-32-43)46-22-10-16-40-15-4-5-17-45(40)46/h1-38H. The molecule has 58 heavy (non-hydrogen) atoms. The quantitative estimate of drug-likeness (QED) is 0.160. The van der Waals surface area contributed by atoms with E-state index in [1.807, 2.05) is 0 Å². The van der Waals surface area contributed by atoms with Crippen LogP contribution in [0.2, 0.25) is 0 Å². The summed E-state index contributed by atoms with van der Waals surface area (Å²) in [6.07, 6.45) is 0. The first kappa shape index (κ1) is 33.8. The topological polar surface area (TPSA) is 0 Å². The van der Waals surface area contributed by atoms with Gasteiger partial charge in [0.15, 0.2) is 0 Å². The molecule has 0 aliphatic carbocycles. The molecular formula is C58H38. The van der Waals surface area contributed by atoms with Crippen LogP contribution in [-0.2, 0) is 0 Å². The van der Waals surface area contributed by atoms with E-state index in [-0.39, 0.29) is 0 Å². The van der Waals surface area contributed by atoms with Crippen LogP contribution >= 0.6 is 0 Å². The van der Waals surface area contributed by atoms with E-state index in [1.54, 1.807) is 0 Å². The Labute approximate surface area is 339 Å². The summed E-state index contributed by atoms with van der Waals surface area (Å²) in [5.74, 6) is 0. The largest absolute Gasteiger partial charge is 0.0622 e. The van der Waals surface area contributed by atoms with Gasteiger partial charge in [0.05, 0.1) is 0 Å². The summed E-state index contributed by atoms with van der Waals surface area (Å²) in [7, 11) is 0. The molecule has 0 heteroatoms. The maximum atomic E-state index is 2.32. The van der Waals surface area contributed by atoms with Crippen LogP contribution in [0.15, 0.2) is 231 Å². The Morgan fingerprint density at radius 1 is 0.138 bits per heavy atom. The van der Waals surface area contributed by atoms with E-state index in [1.165, 1.54) is 110 Å². The third kappa shape index (κ3) is 5.78. The zero-order valence-electron chi connectivity index (χ0n) is 31.9. The van der Waals surface area contributed by atoms with Crippen molar-refractivity contribution in [1.82, 2.24) is 0 Å². The molecule has 0 saturated heterocycles. The minimum Gasteiger partial charge on any atom is -0.0622 e. The second-order valence-electron chi connectivity index (χ2n) is 15.2. The minimum absolute atomic E-state index is 1.21. The molecule has 0 N–H and O–H groups in total. The normalized spacial score (nSPS) is 11.4. The average Bonchev–Trinajstić information content (AvgIpc) is 3.31. The lowest BCUT2D eigenvalue weighted by molar-refractivity contribution is 1.61. The van der Waals surface area contributed by atoms with Gasteiger partial charge >= 0.3 is 0 Å². The van der Waals surface area contributed by atoms with E-state index in [0.717, 1.165) is 0 Å². The van der Waals surface area contributed by atoms with Crippen molar-refractivity contribution in [2.45, 2.75) is 0 Å². The first-order valence-electron chi connectivity index (χ1n) is 20.1. The molecule has 0 aromatic heterocycles. The summed E-state index contributed by atoms with van der Waals surface area (Å²) < 4.78 is 0. The van der Waals surface area contributed by atoms with Gasteiger partial charge in [-0.25, -0.2) is 0 Å². The summed E-state index contributed by atoms with van der Waals surface area (Å²) in [6, 6.07) is 84.4. The fraction of sp³-hybridized carbons (Fsp3) is 0. The number of rotatable bonds is 6. The highest BCUT2D eigenvalue weighted by atomic mass is 14.2. The van der Waals surface area contributed by atoms with Crippen molar-refractivity contribution < 1.29 is 0 Å². The molecule has 270 valence electrons. The number of benzene rings is 11. The van der Waals surface area contributed by atoms with Crippen LogP contribution in [0.5, 0.6) is 0 Å². The third-order valence-electron chi connectivity index (χ3n) is 11.9. The van der Waals surface area contributed by atoms with Crippen molar-refractivity contribution in [2.75, 3.05) is 0 Å². The van der Waals surface area contributed by atoms with Gasteiger partial charge in [0.1, 0.15) is 0 Å². The Bertz CT molecular complexity index is 3290. The van der Waals surface area contributed by atoms with Crippen LogP contribution in [0.25, 0.3) is 110 Å². The van der Waals surface area contributed by atoms with Crippen molar-refractivity contribution in [2.24, 2.45) is 0 Å². The Balaban J connectivity index is 0.953. The van der Waals surface area contributed by atoms with Gasteiger partial charge in [-0.05, 0) is 110 Å². The molecule has 0 aliphatic rings. The molecule has 11 aromatic rings. The van der Waals surface area contributed by atoms with Gasteiger partial charge in [0.25, 0.3) is 0 Å². The highest BCUT2D eigenvalue weighted by Crippen LogP contribution is 2.42. The molecule has 0 amide bonds. The van der Waals surface area contributed by atoms with Crippen molar-refractivity contribution in [1.29, 1.82) is 0 Å². The number of hydrogen-bond donors (Lipinski definition) is 0. The molecular weight excluding hydrogens is 697 g/mol. The fourth-order valence-electron chi connectivity index (χ4n) is 9.14. The Hall–Kier alpha value is -7.54. The average molecular weight is 735 g/mol. The first-order valence-corrected chi connectivity index (χ1v) is 20.1. The van der Waals surface area contributed by atoms with Gasteiger partial charge in [-0.3, -0.25) is 0 Å². The number of hydrogen-bond acceptors (Lipinski definition) is 0. The molecule has 0 fully saturated rings. The zero-order valence-corrected chi connectivity index (χ0v) is 31.9. The predicted molar refractivity (Wildman–Crippen MR) is 249 cm³/mol. The van der Waals surface area contributed by atoms with Gasteiger partial charge in [-0.1, -0.05) is 231 Å². The monoisotopic (exact) mass is 734 g/mol. The summed E-state index contributed by atoms with van der Waals surface area (Å²) in [5.41, 5.74) is 14.9. The molecule has 0 spiro atoms. The SMILES string of the molecule is c1ccc(-c2cccc3c(-c4ccc(-c5ccc(-c6ccc(-c7ccc(-c8cccc9ccccc89)cc7)c7ccccc67)c6ccccc56)cc4)cccc23)cc1. The molecule has 0 bridgehead atoms. The number of fused-ring (bicyclic) bond motifs is 4. The third-order valence-corrected chi connectivity index (χ3v) is 11.9. The van der Waals surface area contributed by atoms with E-state index in [4.69, 9.17) is 0 Å². The van der Waals surface area contributed by atoms with Crippen molar-refractivity contribution in [3.8, 4) is 66.8 Å². The maximum absolute atomic E-state index is 2.32. The Morgan fingerprint density at radius 2 is 0.397 bits per heavy atom. The summed E-state index contributed by atoms with van der Waals surface area (Å²) in [4.78, 5) is 0. The molecule has 11 rings (SSSR count). The fourth-order valence-corrected chi connectivity index (χ4v) is 9.14. The van der Waals surface area contributed by atoms with Crippen LogP contribution in [-0.4, -0.2) is 0 Å². The molecule has 0 heterocycles. The molecule has 0 radical (unpaired) electrons. The van der Waals surface area contributed by atoms with Crippen LogP contribution in [0.1, 0.15) is 0 Å². The molecule has 0 unspecified atom stereocenters. The lowest BCUT2D eigenvalue weighted by Gasteiger charge is -2.16. The van der Waals surface area contributed by atoms with Crippen LogP contribution < -0.4 is 0 Å². The molecule has 11 aromatic carbocycles. The van der Waals surface area contributed by atoms with E-state index in [2.05, 4.69) is 231 Å². The second-order valence-corrected chi connectivity index (χ2v) is 15.2. The van der Waals surface area contributed by atoms with Crippen LogP contribution in [0, 0.1) is 0 Å². The minimum atomic E-state index is 1.21. The van der Waals surface area contributed by atoms with Crippen molar-refractivity contribution in [3.05, 3.63) is 231 Å². The highest BCUT2D eigenvalue weighted by molar-refractivity contribution is 6.12. The Kier molecular flexibility index (Phi) is 8.26. The maximum Gasteiger partial charge on any atom is -0.00987 e. The predicted octanol–water partition coefficient (Wildman–Crippen LogP) is 16.3. The van der Waals surface area contributed by atoms with E-state index < -0.39 is 0 Å². The van der Waals surface area contributed by atoms with Crippen molar-refractivity contribution in [3.63, 3.8) is 0 Å². The van der Waals surface area contributed by atoms with Gasteiger partial charge in [-0.15, -0.1) is 0 Å². The lowest BCUT2D eigenvalue weighted by Crippen LogP contribution is -1.90. The molecule has 0 saturated carbocycles. The van der Waals surface area contributed by atoms with Gasteiger partial charge in [0, 0.05) is 0 Å². The molecule has 0 nitrogen and oxygen atoms in total. The molecule has 0 aliphatic heterocycles. The van der Waals surface area contributed by atoms with E-state index in [9.17, 15) is 0 Å². The van der Waals surface area contributed by atoms with E-state index >= 15 is 0 Å². The van der Waals surface area contributed by atoms with Crippen molar-refractivity contribution >= 4 is 43.1 Å². The van der Waals surface area contributed by atoms with Gasteiger partial charge < -0.3 is 0 Å². The van der Waals surface area contributed by atoms with E-state index in [0.29, 0.717) is 0 Å². The van der Waals surface area contributed by atoms with Crippen LogP contribution in [0.3, 0.4) is 0 Å². The van der Waals surface area contributed by atoms with Gasteiger partial charge in [0.2, 0.25) is 0 Å². The smallest absolute Gasteiger partial charge is 0.00987 e. The first-order chi connectivity index (χ1) is 28.8.